The Bertz CT molecular complexity index is 1580. The van der Waals surface area contributed by atoms with Crippen LogP contribution in [0.1, 0.15) is 10.4 Å². The minimum Gasteiger partial charge on any atom is -0.465 e. The number of carbonyl (C=O) groups excluding carboxylic acids is 1. The molecule has 0 unspecified atom stereocenters. The minimum atomic E-state index is -0.319. The fourth-order valence-corrected chi connectivity index (χ4v) is 4.75. The van der Waals surface area contributed by atoms with Crippen molar-refractivity contribution in [1.82, 2.24) is 0 Å². The zero-order valence-electron chi connectivity index (χ0n) is 17.6. The molecule has 2 nitrogen and oxygen atoms in total. The van der Waals surface area contributed by atoms with Crippen LogP contribution in [0.5, 0.6) is 0 Å². The zero-order valence-corrected chi connectivity index (χ0v) is 17.6. The summed E-state index contributed by atoms with van der Waals surface area (Å²) in [6.07, 6.45) is 0. The van der Waals surface area contributed by atoms with E-state index in [0.717, 1.165) is 11.1 Å². The predicted molar refractivity (Wildman–Crippen MR) is 132 cm³/mol. The molecule has 0 fully saturated rings. The largest absolute Gasteiger partial charge is 0.465 e. The first-order valence-corrected chi connectivity index (χ1v) is 10.7. The number of methoxy groups -OCH3 is 1. The second kappa shape index (κ2) is 7.21. The summed E-state index contributed by atoms with van der Waals surface area (Å²) in [4.78, 5) is 11.7. The smallest absolute Gasteiger partial charge is 0.337 e. The van der Waals surface area contributed by atoms with E-state index in [2.05, 4.69) is 78.9 Å². The monoisotopic (exact) mass is 412 g/mol. The first kappa shape index (κ1) is 18.6. The van der Waals surface area contributed by atoms with Crippen molar-refractivity contribution in [3.8, 4) is 22.3 Å². The highest BCUT2D eigenvalue weighted by Crippen LogP contribution is 2.39. The van der Waals surface area contributed by atoms with Gasteiger partial charge in [-0.3, -0.25) is 0 Å². The molecule has 0 heterocycles. The van der Waals surface area contributed by atoms with Gasteiger partial charge >= 0.3 is 5.97 Å². The van der Waals surface area contributed by atoms with Gasteiger partial charge in [0.15, 0.2) is 0 Å². The van der Waals surface area contributed by atoms with Gasteiger partial charge in [-0.25, -0.2) is 4.79 Å². The van der Waals surface area contributed by atoms with Crippen molar-refractivity contribution >= 4 is 38.3 Å². The van der Waals surface area contributed by atoms with Crippen molar-refractivity contribution in [3.63, 3.8) is 0 Å². The van der Waals surface area contributed by atoms with Crippen LogP contribution >= 0.6 is 0 Å². The van der Waals surface area contributed by atoms with Crippen molar-refractivity contribution in [2.45, 2.75) is 0 Å². The van der Waals surface area contributed by atoms with E-state index in [1.807, 2.05) is 12.1 Å². The van der Waals surface area contributed by atoms with Crippen LogP contribution in [0.2, 0.25) is 0 Å². The van der Waals surface area contributed by atoms with Crippen molar-refractivity contribution in [1.29, 1.82) is 0 Å². The van der Waals surface area contributed by atoms with Gasteiger partial charge in [-0.05, 0) is 66.7 Å². The molecule has 0 bridgehead atoms. The molecule has 0 aliphatic heterocycles. The fourth-order valence-electron chi connectivity index (χ4n) is 4.75. The third-order valence-electron chi connectivity index (χ3n) is 6.36. The molecule has 6 rings (SSSR count). The highest BCUT2D eigenvalue weighted by atomic mass is 16.5. The zero-order chi connectivity index (χ0) is 21.7. The maximum atomic E-state index is 11.7. The van der Waals surface area contributed by atoms with Gasteiger partial charge in [0.2, 0.25) is 0 Å². The Hall–Kier alpha value is -4.17. The van der Waals surface area contributed by atoms with Crippen LogP contribution in [0.4, 0.5) is 0 Å². The van der Waals surface area contributed by atoms with Gasteiger partial charge in [-0.2, -0.15) is 0 Å². The Balaban J connectivity index is 1.44. The number of carbonyl (C=O) groups is 1. The molecule has 0 spiro atoms. The standard InChI is InChI=1S/C30H20O2/c1-32-30(31)25-13-7-20(8-14-25)19-5-9-21(10-6-19)26-17-15-24-12-11-22-3-2-4-23-16-18-27(26)29(24)28(22)23/h2-18H,1H3. The normalized spacial score (nSPS) is 11.4. The summed E-state index contributed by atoms with van der Waals surface area (Å²) in [5.74, 6) is -0.319. The molecular weight excluding hydrogens is 392 g/mol. The van der Waals surface area contributed by atoms with Crippen molar-refractivity contribution < 1.29 is 9.53 Å². The molecule has 2 heteroatoms. The van der Waals surface area contributed by atoms with E-state index < -0.39 is 0 Å². The molecule has 0 atom stereocenters. The molecule has 0 saturated heterocycles. The Morgan fingerprint density at radius 1 is 0.562 bits per heavy atom. The first-order chi connectivity index (χ1) is 15.7. The lowest BCUT2D eigenvalue weighted by Crippen LogP contribution is -2.00. The van der Waals surface area contributed by atoms with Crippen LogP contribution in [-0.4, -0.2) is 13.1 Å². The molecule has 32 heavy (non-hydrogen) atoms. The topological polar surface area (TPSA) is 26.3 Å². The summed E-state index contributed by atoms with van der Waals surface area (Å²) >= 11 is 0. The van der Waals surface area contributed by atoms with Gasteiger partial charge in [0.1, 0.15) is 0 Å². The molecule has 152 valence electrons. The quantitative estimate of drug-likeness (QED) is 0.220. The number of rotatable bonds is 3. The van der Waals surface area contributed by atoms with Gasteiger partial charge in [0, 0.05) is 0 Å². The van der Waals surface area contributed by atoms with Crippen LogP contribution in [0, 0.1) is 0 Å². The van der Waals surface area contributed by atoms with Crippen LogP contribution in [0.3, 0.4) is 0 Å². The van der Waals surface area contributed by atoms with E-state index >= 15 is 0 Å². The Morgan fingerprint density at radius 2 is 1.09 bits per heavy atom. The summed E-state index contributed by atoms with van der Waals surface area (Å²) in [5.41, 5.74) is 5.17. The molecule has 0 amide bonds. The second-order valence-electron chi connectivity index (χ2n) is 8.12. The lowest BCUT2D eigenvalue weighted by molar-refractivity contribution is 0.0601. The Morgan fingerprint density at radius 3 is 1.75 bits per heavy atom. The number of hydrogen-bond donors (Lipinski definition) is 0. The van der Waals surface area contributed by atoms with Gasteiger partial charge in [0.05, 0.1) is 12.7 Å². The fraction of sp³-hybridized carbons (Fsp3) is 0.0333. The van der Waals surface area contributed by atoms with Crippen molar-refractivity contribution in [2.24, 2.45) is 0 Å². The van der Waals surface area contributed by atoms with E-state index in [1.165, 1.54) is 50.6 Å². The first-order valence-electron chi connectivity index (χ1n) is 10.7. The summed E-state index contributed by atoms with van der Waals surface area (Å²) in [6.45, 7) is 0. The van der Waals surface area contributed by atoms with Crippen LogP contribution in [0.15, 0.2) is 103 Å². The minimum absolute atomic E-state index is 0.319. The van der Waals surface area contributed by atoms with Crippen LogP contribution in [0.25, 0.3) is 54.6 Å². The average molecular weight is 412 g/mol. The molecule has 0 aliphatic rings. The molecule has 0 aliphatic carbocycles. The van der Waals surface area contributed by atoms with E-state index in [-0.39, 0.29) is 5.97 Å². The van der Waals surface area contributed by atoms with Gasteiger partial charge in [-0.15, -0.1) is 0 Å². The molecule has 6 aromatic carbocycles. The summed E-state index contributed by atoms with van der Waals surface area (Å²) in [5, 5.41) is 7.79. The average Bonchev–Trinajstić information content (AvgIpc) is 2.87. The number of hydrogen-bond acceptors (Lipinski definition) is 2. The molecule has 0 radical (unpaired) electrons. The van der Waals surface area contributed by atoms with Gasteiger partial charge in [-0.1, -0.05) is 91.0 Å². The Kier molecular flexibility index (Phi) is 4.19. The summed E-state index contributed by atoms with van der Waals surface area (Å²) in [6, 6.07) is 36.0. The highest BCUT2D eigenvalue weighted by molar-refractivity contribution is 6.25. The molecule has 0 aromatic heterocycles. The number of ether oxygens (including phenoxy) is 1. The SMILES string of the molecule is COC(=O)c1ccc(-c2ccc(-c3ccc4ccc5cccc6ccc3c4c56)cc2)cc1. The van der Waals surface area contributed by atoms with Crippen molar-refractivity contribution in [3.05, 3.63) is 109 Å². The molecule has 6 aromatic rings. The molecule has 0 N–H and O–H groups in total. The number of benzene rings is 6. The van der Waals surface area contributed by atoms with Crippen LogP contribution in [-0.2, 0) is 4.74 Å². The van der Waals surface area contributed by atoms with Crippen molar-refractivity contribution in [2.75, 3.05) is 7.11 Å². The third-order valence-corrected chi connectivity index (χ3v) is 6.36. The van der Waals surface area contributed by atoms with E-state index in [1.54, 1.807) is 12.1 Å². The maximum Gasteiger partial charge on any atom is 0.337 e. The van der Waals surface area contributed by atoms with Crippen LogP contribution < -0.4 is 0 Å². The van der Waals surface area contributed by atoms with E-state index in [9.17, 15) is 4.79 Å². The summed E-state index contributed by atoms with van der Waals surface area (Å²) < 4.78 is 4.79. The summed E-state index contributed by atoms with van der Waals surface area (Å²) in [7, 11) is 1.40. The lowest BCUT2D eigenvalue weighted by Gasteiger charge is -2.14. The maximum absolute atomic E-state index is 11.7. The number of esters is 1. The van der Waals surface area contributed by atoms with Gasteiger partial charge < -0.3 is 4.74 Å². The predicted octanol–water partition coefficient (Wildman–Crippen LogP) is 7.70. The second-order valence-corrected chi connectivity index (χ2v) is 8.12. The van der Waals surface area contributed by atoms with E-state index in [0.29, 0.717) is 5.56 Å². The molecule has 0 saturated carbocycles. The molecular formula is C30H20O2. The highest BCUT2D eigenvalue weighted by Gasteiger charge is 2.12. The van der Waals surface area contributed by atoms with E-state index in [4.69, 9.17) is 4.74 Å². The van der Waals surface area contributed by atoms with Gasteiger partial charge in [0.25, 0.3) is 0 Å². The lowest BCUT2D eigenvalue weighted by atomic mass is 9.89. The third kappa shape index (κ3) is 2.84. The Labute approximate surface area is 186 Å².